The molecule has 0 heterocycles. The first-order chi connectivity index (χ1) is 10.2. The van der Waals surface area contributed by atoms with Gasteiger partial charge in [0.1, 0.15) is 0 Å². The molecule has 0 radical (unpaired) electrons. The summed E-state index contributed by atoms with van der Waals surface area (Å²) in [7, 11) is 0. The molecule has 120 valence electrons. The molecular formula is C18H33N3. The average Bonchev–Trinajstić information content (AvgIpc) is 2.51. The number of nitrogens with two attached hydrogens (primary N) is 1. The molecule has 0 bridgehead atoms. The predicted octanol–water partition coefficient (Wildman–Crippen LogP) is 3.26. The molecule has 1 rings (SSSR count). The first-order valence-electron chi connectivity index (χ1n) is 8.49. The fourth-order valence-electron chi connectivity index (χ4n) is 2.74. The number of hydrogen-bond acceptors (Lipinski definition) is 3. The number of nitrogen functional groups attached to an aromatic ring is 1. The molecule has 0 aliphatic rings. The van der Waals surface area contributed by atoms with Crippen molar-refractivity contribution in [2.45, 2.75) is 40.0 Å². The van der Waals surface area contributed by atoms with Gasteiger partial charge in [0, 0.05) is 5.69 Å². The Balaban J connectivity index is 2.23. The second-order valence-electron chi connectivity index (χ2n) is 5.62. The van der Waals surface area contributed by atoms with Crippen LogP contribution in [0, 0.1) is 0 Å². The van der Waals surface area contributed by atoms with Crippen LogP contribution in [0.3, 0.4) is 0 Å². The highest BCUT2D eigenvalue weighted by atomic mass is 15.1. The molecule has 0 saturated carbocycles. The van der Waals surface area contributed by atoms with Crippen LogP contribution in [-0.4, -0.2) is 49.1 Å². The van der Waals surface area contributed by atoms with E-state index >= 15 is 0 Å². The third-order valence-corrected chi connectivity index (χ3v) is 4.27. The Morgan fingerprint density at radius 2 is 1.38 bits per heavy atom. The minimum Gasteiger partial charge on any atom is -0.399 e. The van der Waals surface area contributed by atoms with Crippen LogP contribution in [0.15, 0.2) is 24.3 Å². The number of hydrogen-bond donors (Lipinski definition) is 1. The van der Waals surface area contributed by atoms with Gasteiger partial charge in [0.25, 0.3) is 0 Å². The van der Waals surface area contributed by atoms with Gasteiger partial charge in [-0.2, -0.15) is 0 Å². The van der Waals surface area contributed by atoms with E-state index in [-0.39, 0.29) is 0 Å². The number of rotatable bonds is 11. The Hall–Kier alpha value is -1.06. The van der Waals surface area contributed by atoms with Crippen LogP contribution in [0.5, 0.6) is 0 Å². The fourth-order valence-corrected chi connectivity index (χ4v) is 2.74. The van der Waals surface area contributed by atoms with Crippen molar-refractivity contribution < 1.29 is 0 Å². The third kappa shape index (κ3) is 6.96. The van der Waals surface area contributed by atoms with E-state index < -0.39 is 0 Å². The molecule has 0 aliphatic carbocycles. The Morgan fingerprint density at radius 3 is 2.00 bits per heavy atom. The first-order valence-corrected chi connectivity index (χ1v) is 8.49. The van der Waals surface area contributed by atoms with Crippen molar-refractivity contribution in [1.82, 2.24) is 9.80 Å². The molecule has 1 aromatic carbocycles. The molecule has 3 heteroatoms. The van der Waals surface area contributed by atoms with Crippen LogP contribution < -0.4 is 5.73 Å². The van der Waals surface area contributed by atoms with Gasteiger partial charge < -0.3 is 15.5 Å². The molecule has 0 amide bonds. The summed E-state index contributed by atoms with van der Waals surface area (Å²) >= 11 is 0. The monoisotopic (exact) mass is 291 g/mol. The highest BCUT2D eigenvalue weighted by molar-refractivity contribution is 5.46. The van der Waals surface area contributed by atoms with Crippen molar-refractivity contribution in [2.24, 2.45) is 0 Å². The van der Waals surface area contributed by atoms with Crippen molar-refractivity contribution >= 4 is 5.69 Å². The van der Waals surface area contributed by atoms with Crippen molar-refractivity contribution in [3.8, 4) is 0 Å². The largest absolute Gasteiger partial charge is 0.399 e. The van der Waals surface area contributed by atoms with Gasteiger partial charge >= 0.3 is 0 Å². The molecule has 3 nitrogen and oxygen atoms in total. The van der Waals surface area contributed by atoms with E-state index in [2.05, 4.69) is 42.7 Å². The zero-order valence-electron chi connectivity index (χ0n) is 14.1. The predicted molar refractivity (Wildman–Crippen MR) is 93.7 cm³/mol. The van der Waals surface area contributed by atoms with E-state index in [9.17, 15) is 0 Å². The van der Waals surface area contributed by atoms with Crippen LogP contribution in [0.2, 0.25) is 0 Å². The number of para-hydroxylation sites is 1. The maximum atomic E-state index is 5.99. The summed E-state index contributed by atoms with van der Waals surface area (Å²) in [5.74, 6) is 0. The Morgan fingerprint density at radius 1 is 0.810 bits per heavy atom. The summed E-state index contributed by atoms with van der Waals surface area (Å²) in [5.41, 5.74) is 8.22. The van der Waals surface area contributed by atoms with Gasteiger partial charge in [-0.05, 0) is 70.2 Å². The summed E-state index contributed by atoms with van der Waals surface area (Å²) in [5, 5.41) is 0. The molecule has 21 heavy (non-hydrogen) atoms. The molecule has 0 spiro atoms. The normalized spacial score (nSPS) is 11.5. The van der Waals surface area contributed by atoms with Crippen molar-refractivity contribution in [3.05, 3.63) is 29.8 Å². The lowest BCUT2D eigenvalue weighted by Gasteiger charge is -2.23. The SMILES string of the molecule is CCN(CC)CCCN(CC)CCCc1ccccc1N. The number of aryl methyl sites for hydroxylation is 1. The molecular weight excluding hydrogens is 258 g/mol. The molecule has 0 fully saturated rings. The zero-order valence-corrected chi connectivity index (χ0v) is 14.1. The highest BCUT2D eigenvalue weighted by Crippen LogP contribution is 2.13. The third-order valence-electron chi connectivity index (χ3n) is 4.27. The summed E-state index contributed by atoms with van der Waals surface area (Å²) in [6, 6.07) is 8.22. The van der Waals surface area contributed by atoms with Crippen LogP contribution in [-0.2, 0) is 6.42 Å². The van der Waals surface area contributed by atoms with Gasteiger partial charge in [-0.15, -0.1) is 0 Å². The minimum absolute atomic E-state index is 0.932. The lowest BCUT2D eigenvalue weighted by atomic mass is 10.1. The first kappa shape index (κ1) is 18.0. The molecule has 0 atom stereocenters. The maximum absolute atomic E-state index is 5.99. The van der Waals surface area contributed by atoms with E-state index in [0.717, 1.165) is 31.7 Å². The van der Waals surface area contributed by atoms with Crippen LogP contribution in [0.25, 0.3) is 0 Å². The molecule has 0 aliphatic heterocycles. The molecule has 0 saturated heterocycles. The van der Waals surface area contributed by atoms with E-state index in [0.29, 0.717) is 0 Å². The van der Waals surface area contributed by atoms with Crippen molar-refractivity contribution in [1.29, 1.82) is 0 Å². The maximum Gasteiger partial charge on any atom is 0.0346 e. The van der Waals surface area contributed by atoms with Crippen molar-refractivity contribution in [3.63, 3.8) is 0 Å². The van der Waals surface area contributed by atoms with Crippen LogP contribution in [0.4, 0.5) is 5.69 Å². The van der Waals surface area contributed by atoms with Gasteiger partial charge in [-0.1, -0.05) is 39.0 Å². The molecule has 0 aromatic heterocycles. The number of nitrogens with zero attached hydrogens (tertiary/aromatic N) is 2. The van der Waals surface area contributed by atoms with E-state index in [1.807, 2.05) is 12.1 Å². The number of benzene rings is 1. The van der Waals surface area contributed by atoms with Crippen molar-refractivity contribution in [2.75, 3.05) is 45.0 Å². The fraction of sp³-hybridized carbons (Fsp3) is 0.667. The smallest absolute Gasteiger partial charge is 0.0346 e. The Bertz CT molecular complexity index is 374. The second kappa shape index (κ2) is 10.6. The van der Waals surface area contributed by atoms with E-state index in [1.165, 1.54) is 38.0 Å². The Labute approximate surface area is 131 Å². The van der Waals surface area contributed by atoms with Gasteiger partial charge in [-0.3, -0.25) is 0 Å². The highest BCUT2D eigenvalue weighted by Gasteiger charge is 2.05. The van der Waals surface area contributed by atoms with Gasteiger partial charge in [0.15, 0.2) is 0 Å². The molecule has 1 aromatic rings. The second-order valence-corrected chi connectivity index (χ2v) is 5.62. The zero-order chi connectivity index (χ0) is 15.5. The lowest BCUT2D eigenvalue weighted by Crippen LogP contribution is -2.30. The van der Waals surface area contributed by atoms with Crippen LogP contribution in [0.1, 0.15) is 39.2 Å². The number of anilines is 1. The van der Waals surface area contributed by atoms with Gasteiger partial charge in [-0.25, -0.2) is 0 Å². The molecule has 2 N–H and O–H groups in total. The summed E-state index contributed by atoms with van der Waals surface area (Å²) in [4.78, 5) is 5.06. The average molecular weight is 291 g/mol. The topological polar surface area (TPSA) is 32.5 Å². The van der Waals surface area contributed by atoms with E-state index in [1.54, 1.807) is 0 Å². The Kier molecular flexibility index (Phi) is 9.11. The van der Waals surface area contributed by atoms with Gasteiger partial charge in [0.05, 0.1) is 0 Å². The standard InChI is InChI=1S/C18H33N3/c1-4-20(5-2)15-10-16-21(6-3)14-9-12-17-11-7-8-13-18(17)19/h7-8,11,13H,4-6,9-10,12,14-16,19H2,1-3H3. The van der Waals surface area contributed by atoms with Crippen LogP contribution >= 0.6 is 0 Å². The molecule has 0 unspecified atom stereocenters. The summed E-state index contributed by atoms with van der Waals surface area (Å²) in [6.45, 7) is 13.8. The lowest BCUT2D eigenvalue weighted by molar-refractivity contribution is 0.242. The summed E-state index contributed by atoms with van der Waals surface area (Å²) in [6.07, 6.45) is 3.54. The van der Waals surface area contributed by atoms with Gasteiger partial charge in [0.2, 0.25) is 0 Å². The summed E-state index contributed by atoms with van der Waals surface area (Å²) < 4.78 is 0. The van der Waals surface area contributed by atoms with E-state index in [4.69, 9.17) is 5.73 Å². The minimum atomic E-state index is 0.932. The quantitative estimate of drug-likeness (QED) is 0.635.